The first kappa shape index (κ1) is 13.7. The predicted molar refractivity (Wildman–Crippen MR) is 71.6 cm³/mol. The van der Waals surface area contributed by atoms with E-state index in [2.05, 4.69) is 58.9 Å². The summed E-state index contributed by atoms with van der Waals surface area (Å²) in [6.07, 6.45) is 0. The summed E-state index contributed by atoms with van der Waals surface area (Å²) in [7, 11) is 1.75. The number of halogens is 1. The minimum absolute atomic E-state index is 0.536. The Morgan fingerprint density at radius 2 is 2.12 bits per heavy atom. The SMILES string of the molecule is COCCN(Cc1cccc(Br)c1)C(C)C. The van der Waals surface area contributed by atoms with E-state index in [0.29, 0.717) is 6.04 Å². The first-order chi connectivity index (χ1) is 7.63. The van der Waals surface area contributed by atoms with Crippen LogP contribution in [0.5, 0.6) is 0 Å². The van der Waals surface area contributed by atoms with Crippen LogP contribution in [0.1, 0.15) is 19.4 Å². The van der Waals surface area contributed by atoms with Crippen LogP contribution < -0.4 is 0 Å². The monoisotopic (exact) mass is 285 g/mol. The number of rotatable bonds is 6. The molecule has 0 heterocycles. The van der Waals surface area contributed by atoms with Crippen LogP contribution in [0.25, 0.3) is 0 Å². The van der Waals surface area contributed by atoms with Gasteiger partial charge in [-0.25, -0.2) is 0 Å². The number of hydrogen-bond donors (Lipinski definition) is 0. The molecule has 3 heteroatoms. The quantitative estimate of drug-likeness (QED) is 0.795. The molecule has 1 rings (SSSR count). The van der Waals surface area contributed by atoms with Crippen LogP contribution in [-0.4, -0.2) is 31.2 Å². The molecule has 0 unspecified atom stereocenters. The molecular formula is C13H20BrNO. The molecule has 16 heavy (non-hydrogen) atoms. The van der Waals surface area contributed by atoms with E-state index in [1.165, 1.54) is 5.56 Å². The fraction of sp³-hybridized carbons (Fsp3) is 0.538. The van der Waals surface area contributed by atoms with Crippen LogP contribution in [0, 0.1) is 0 Å². The number of ether oxygens (including phenoxy) is 1. The molecule has 2 nitrogen and oxygen atoms in total. The van der Waals surface area contributed by atoms with Crippen LogP contribution >= 0.6 is 15.9 Å². The highest BCUT2D eigenvalue weighted by molar-refractivity contribution is 9.10. The van der Waals surface area contributed by atoms with Crippen molar-refractivity contribution in [1.82, 2.24) is 4.90 Å². The molecule has 0 bridgehead atoms. The highest BCUT2D eigenvalue weighted by Crippen LogP contribution is 2.14. The van der Waals surface area contributed by atoms with Gasteiger partial charge in [-0.05, 0) is 31.5 Å². The summed E-state index contributed by atoms with van der Waals surface area (Å²) in [6, 6.07) is 9.00. The zero-order chi connectivity index (χ0) is 12.0. The summed E-state index contributed by atoms with van der Waals surface area (Å²) in [4.78, 5) is 2.41. The van der Waals surface area contributed by atoms with E-state index in [4.69, 9.17) is 4.74 Å². The molecular weight excluding hydrogens is 266 g/mol. The Balaban J connectivity index is 2.60. The molecule has 0 N–H and O–H groups in total. The lowest BCUT2D eigenvalue weighted by Gasteiger charge is -2.26. The van der Waals surface area contributed by atoms with E-state index in [1.807, 2.05) is 0 Å². The summed E-state index contributed by atoms with van der Waals surface area (Å²) in [6.45, 7) is 7.16. The topological polar surface area (TPSA) is 12.5 Å². The van der Waals surface area contributed by atoms with Gasteiger partial charge in [0.1, 0.15) is 0 Å². The average Bonchev–Trinajstić information content (AvgIpc) is 2.24. The fourth-order valence-electron chi connectivity index (χ4n) is 1.60. The highest BCUT2D eigenvalue weighted by atomic mass is 79.9. The molecule has 0 saturated heterocycles. The predicted octanol–water partition coefficient (Wildman–Crippen LogP) is 3.31. The van der Waals surface area contributed by atoms with Crippen molar-refractivity contribution in [2.75, 3.05) is 20.3 Å². The maximum absolute atomic E-state index is 5.13. The molecule has 0 radical (unpaired) electrons. The van der Waals surface area contributed by atoms with Crippen molar-refractivity contribution in [3.8, 4) is 0 Å². The molecule has 0 saturated carbocycles. The number of nitrogens with zero attached hydrogens (tertiary/aromatic N) is 1. The smallest absolute Gasteiger partial charge is 0.0589 e. The minimum atomic E-state index is 0.536. The molecule has 0 fully saturated rings. The largest absolute Gasteiger partial charge is 0.383 e. The summed E-state index contributed by atoms with van der Waals surface area (Å²) < 4.78 is 6.27. The highest BCUT2D eigenvalue weighted by Gasteiger charge is 2.09. The fourth-order valence-corrected chi connectivity index (χ4v) is 2.04. The molecule has 0 atom stereocenters. The molecule has 1 aromatic rings. The van der Waals surface area contributed by atoms with Crippen LogP contribution in [0.3, 0.4) is 0 Å². The van der Waals surface area contributed by atoms with Gasteiger partial charge in [-0.15, -0.1) is 0 Å². The summed E-state index contributed by atoms with van der Waals surface area (Å²) in [5, 5.41) is 0. The Morgan fingerprint density at radius 1 is 1.38 bits per heavy atom. The maximum Gasteiger partial charge on any atom is 0.0589 e. The summed E-state index contributed by atoms with van der Waals surface area (Å²) >= 11 is 3.50. The van der Waals surface area contributed by atoms with Crippen molar-refractivity contribution in [3.05, 3.63) is 34.3 Å². The van der Waals surface area contributed by atoms with Crippen molar-refractivity contribution in [3.63, 3.8) is 0 Å². The molecule has 0 aromatic heterocycles. The van der Waals surface area contributed by atoms with Gasteiger partial charge >= 0.3 is 0 Å². The van der Waals surface area contributed by atoms with E-state index >= 15 is 0 Å². The Morgan fingerprint density at radius 3 is 2.69 bits per heavy atom. The van der Waals surface area contributed by atoms with Gasteiger partial charge in [0.2, 0.25) is 0 Å². The van der Waals surface area contributed by atoms with Crippen molar-refractivity contribution in [2.45, 2.75) is 26.4 Å². The number of methoxy groups -OCH3 is 1. The molecule has 0 spiro atoms. The van der Waals surface area contributed by atoms with Crippen molar-refractivity contribution in [1.29, 1.82) is 0 Å². The second kappa shape index (κ2) is 7.05. The van der Waals surface area contributed by atoms with Gasteiger partial charge < -0.3 is 4.74 Å². The van der Waals surface area contributed by atoms with Gasteiger partial charge in [0, 0.05) is 30.7 Å². The third-order valence-corrected chi connectivity index (χ3v) is 3.08. The van der Waals surface area contributed by atoms with E-state index < -0.39 is 0 Å². The molecule has 0 aliphatic rings. The third-order valence-electron chi connectivity index (χ3n) is 2.59. The van der Waals surface area contributed by atoms with Crippen LogP contribution in [0.2, 0.25) is 0 Å². The number of benzene rings is 1. The maximum atomic E-state index is 5.13. The van der Waals surface area contributed by atoms with Gasteiger partial charge in [0.15, 0.2) is 0 Å². The standard InChI is InChI=1S/C13H20BrNO/c1-11(2)15(7-8-16-3)10-12-5-4-6-13(14)9-12/h4-6,9,11H,7-8,10H2,1-3H3. The van der Waals surface area contributed by atoms with E-state index in [-0.39, 0.29) is 0 Å². The lowest BCUT2D eigenvalue weighted by molar-refractivity contribution is 0.125. The summed E-state index contributed by atoms with van der Waals surface area (Å²) in [5.41, 5.74) is 1.33. The lowest BCUT2D eigenvalue weighted by Crippen LogP contribution is -2.33. The first-order valence-corrected chi connectivity index (χ1v) is 6.40. The van der Waals surface area contributed by atoms with Gasteiger partial charge in [0.25, 0.3) is 0 Å². The Hall–Kier alpha value is -0.380. The second-order valence-corrected chi connectivity index (χ2v) is 5.10. The molecule has 90 valence electrons. The molecule has 1 aromatic carbocycles. The first-order valence-electron chi connectivity index (χ1n) is 5.61. The summed E-state index contributed by atoms with van der Waals surface area (Å²) in [5.74, 6) is 0. The Kier molecular flexibility index (Phi) is 6.03. The van der Waals surface area contributed by atoms with Gasteiger partial charge in [-0.1, -0.05) is 28.1 Å². The van der Waals surface area contributed by atoms with E-state index in [1.54, 1.807) is 7.11 Å². The Bertz CT molecular complexity index is 315. The molecule has 0 aliphatic heterocycles. The second-order valence-electron chi connectivity index (χ2n) is 4.19. The van der Waals surface area contributed by atoms with E-state index in [0.717, 1.165) is 24.2 Å². The zero-order valence-corrected chi connectivity index (χ0v) is 11.8. The Labute approximate surface area is 107 Å². The molecule has 0 aliphatic carbocycles. The van der Waals surface area contributed by atoms with Crippen molar-refractivity contribution >= 4 is 15.9 Å². The van der Waals surface area contributed by atoms with Gasteiger partial charge in [-0.3, -0.25) is 4.90 Å². The van der Waals surface area contributed by atoms with Crippen LogP contribution in [0.4, 0.5) is 0 Å². The zero-order valence-electron chi connectivity index (χ0n) is 10.2. The minimum Gasteiger partial charge on any atom is -0.383 e. The normalized spacial score (nSPS) is 11.4. The van der Waals surface area contributed by atoms with E-state index in [9.17, 15) is 0 Å². The van der Waals surface area contributed by atoms with Crippen molar-refractivity contribution in [2.24, 2.45) is 0 Å². The van der Waals surface area contributed by atoms with Gasteiger partial charge in [0.05, 0.1) is 6.61 Å². The average molecular weight is 286 g/mol. The molecule has 0 amide bonds. The van der Waals surface area contributed by atoms with Crippen molar-refractivity contribution < 1.29 is 4.74 Å². The lowest BCUT2D eigenvalue weighted by atomic mass is 10.2. The number of hydrogen-bond acceptors (Lipinski definition) is 2. The third kappa shape index (κ3) is 4.64. The van der Waals surface area contributed by atoms with Crippen LogP contribution in [0.15, 0.2) is 28.7 Å². The van der Waals surface area contributed by atoms with Crippen LogP contribution in [-0.2, 0) is 11.3 Å². The van der Waals surface area contributed by atoms with Gasteiger partial charge in [-0.2, -0.15) is 0 Å².